The normalized spacial score (nSPS) is 34.7. The molecule has 3 aliphatic rings. The van der Waals surface area contributed by atoms with Crippen LogP contribution in [0.5, 0.6) is 5.75 Å². The SMILES string of the molecule is CC[C@]12CC=C3c4ccc(OC)cc4CC[C@H]3[C@]1(O)CCCC2=O. The summed E-state index contributed by atoms with van der Waals surface area (Å²) in [4.78, 5) is 12.8. The molecule has 0 saturated heterocycles. The first-order valence-electron chi connectivity index (χ1n) is 9.19. The number of aryl methyl sites for hydroxylation is 1. The number of methoxy groups -OCH3 is 1. The summed E-state index contributed by atoms with van der Waals surface area (Å²) in [7, 11) is 1.69. The van der Waals surface area contributed by atoms with Crippen LogP contribution < -0.4 is 4.74 Å². The fraction of sp³-hybridized carbons (Fsp3) is 0.571. The second-order valence-corrected chi connectivity index (χ2v) is 7.61. The highest BCUT2D eigenvalue weighted by atomic mass is 16.5. The van der Waals surface area contributed by atoms with E-state index in [0.717, 1.165) is 37.9 Å². The number of ether oxygens (including phenoxy) is 1. The van der Waals surface area contributed by atoms with Crippen molar-refractivity contribution in [3.05, 3.63) is 35.4 Å². The van der Waals surface area contributed by atoms with E-state index >= 15 is 0 Å². The number of Topliss-reactive ketones (excluding diaryl/α,β-unsaturated/α-hetero) is 1. The lowest BCUT2D eigenvalue weighted by molar-refractivity contribution is -0.170. The van der Waals surface area contributed by atoms with Crippen molar-refractivity contribution in [2.24, 2.45) is 11.3 Å². The minimum atomic E-state index is -0.876. The van der Waals surface area contributed by atoms with Crippen LogP contribution in [0.15, 0.2) is 24.3 Å². The highest BCUT2D eigenvalue weighted by Crippen LogP contribution is 2.59. The van der Waals surface area contributed by atoms with Crippen LogP contribution in [-0.2, 0) is 11.2 Å². The van der Waals surface area contributed by atoms with Gasteiger partial charge in [-0.15, -0.1) is 0 Å². The number of fused-ring (bicyclic) bond motifs is 5. The standard InChI is InChI=1S/C21H26O3/c1-3-20-12-10-17-16-8-7-15(24-2)13-14(16)6-9-18(17)21(20,23)11-4-5-19(20)22/h7-8,10,13,18,23H,3-6,9,11-12H2,1-2H3/t18-,20-,21-/m1/s1. The van der Waals surface area contributed by atoms with Crippen LogP contribution in [0.4, 0.5) is 0 Å². The largest absolute Gasteiger partial charge is 0.497 e. The minimum absolute atomic E-state index is 0.0799. The first-order valence-corrected chi connectivity index (χ1v) is 9.19. The Labute approximate surface area is 143 Å². The number of allylic oxidation sites excluding steroid dienone is 1. The molecule has 3 nitrogen and oxygen atoms in total. The average Bonchev–Trinajstić information content (AvgIpc) is 2.61. The summed E-state index contributed by atoms with van der Waals surface area (Å²) in [5.41, 5.74) is 2.34. The van der Waals surface area contributed by atoms with Crippen molar-refractivity contribution < 1.29 is 14.6 Å². The van der Waals surface area contributed by atoms with E-state index in [2.05, 4.69) is 25.1 Å². The van der Waals surface area contributed by atoms with E-state index in [-0.39, 0.29) is 11.7 Å². The van der Waals surface area contributed by atoms with Crippen LogP contribution in [0.1, 0.15) is 56.6 Å². The van der Waals surface area contributed by atoms with Crippen molar-refractivity contribution in [2.45, 2.75) is 57.5 Å². The molecule has 128 valence electrons. The van der Waals surface area contributed by atoms with Gasteiger partial charge < -0.3 is 9.84 Å². The predicted molar refractivity (Wildman–Crippen MR) is 93.9 cm³/mol. The van der Waals surface area contributed by atoms with Gasteiger partial charge in [0.15, 0.2) is 0 Å². The van der Waals surface area contributed by atoms with E-state index in [0.29, 0.717) is 12.8 Å². The molecule has 0 heterocycles. The Bertz CT molecular complexity index is 720. The molecule has 3 heteroatoms. The van der Waals surface area contributed by atoms with E-state index in [4.69, 9.17) is 4.74 Å². The number of aliphatic hydroxyl groups is 1. The maximum absolute atomic E-state index is 12.8. The molecule has 4 rings (SSSR count). The van der Waals surface area contributed by atoms with E-state index in [1.807, 2.05) is 6.07 Å². The zero-order valence-corrected chi connectivity index (χ0v) is 14.6. The second-order valence-electron chi connectivity index (χ2n) is 7.61. The van der Waals surface area contributed by atoms with Gasteiger partial charge in [-0.05, 0) is 67.4 Å². The summed E-state index contributed by atoms with van der Waals surface area (Å²) >= 11 is 0. The Balaban J connectivity index is 1.83. The molecule has 0 spiro atoms. The van der Waals surface area contributed by atoms with Gasteiger partial charge in [0.1, 0.15) is 11.5 Å². The molecule has 0 bridgehead atoms. The van der Waals surface area contributed by atoms with Gasteiger partial charge in [0.05, 0.1) is 18.1 Å². The van der Waals surface area contributed by atoms with Crippen molar-refractivity contribution in [3.63, 3.8) is 0 Å². The van der Waals surface area contributed by atoms with Crippen molar-refractivity contribution >= 4 is 11.4 Å². The molecule has 0 amide bonds. The highest BCUT2D eigenvalue weighted by Gasteiger charge is 2.61. The molecule has 1 aromatic carbocycles. The smallest absolute Gasteiger partial charge is 0.142 e. The summed E-state index contributed by atoms with van der Waals surface area (Å²) < 4.78 is 5.36. The van der Waals surface area contributed by atoms with Gasteiger partial charge in [0.2, 0.25) is 0 Å². The van der Waals surface area contributed by atoms with Crippen LogP contribution in [0, 0.1) is 11.3 Å². The molecule has 1 saturated carbocycles. The number of hydrogen-bond acceptors (Lipinski definition) is 3. The lowest BCUT2D eigenvalue weighted by Gasteiger charge is -2.56. The Morgan fingerprint density at radius 2 is 2.17 bits per heavy atom. The van der Waals surface area contributed by atoms with E-state index < -0.39 is 11.0 Å². The molecule has 0 unspecified atom stereocenters. The van der Waals surface area contributed by atoms with Gasteiger partial charge in [-0.1, -0.05) is 19.1 Å². The Morgan fingerprint density at radius 1 is 1.33 bits per heavy atom. The number of carbonyl (C=O) groups is 1. The van der Waals surface area contributed by atoms with E-state index in [1.54, 1.807) is 7.11 Å². The van der Waals surface area contributed by atoms with Gasteiger partial charge in [0.25, 0.3) is 0 Å². The molecular weight excluding hydrogens is 300 g/mol. The van der Waals surface area contributed by atoms with Crippen LogP contribution in [0.3, 0.4) is 0 Å². The van der Waals surface area contributed by atoms with Gasteiger partial charge in [-0.25, -0.2) is 0 Å². The monoisotopic (exact) mass is 326 g/mol. The van der Waals surface area contributed by atoms with Gasteiger partial charge >= 0.3 is 0 Å². The molecule has 0 radical (unpaired) electrons. The molecular formula is C21H26O3. The quantitative estimate of drug-likeness (QED) is 0.896. The molecule has 3 aliphatic carbocycles. The maximum Gasteiger partial charge on any atom is 0.142 e. The predicted octanol–water partition coefficient (Wildman–Crippen LogP) is 3.93. The lowest BCUT2D eigenvalue weighted by Crippen LogP contribution is -2.61. The summed E-state index contributed by atoms with van der Waals surface area (Å²) in [6.07, 6.45) is 7.70. The number of benzene rings is 1. The maximum atomic E-state index is 12.8. The van der Waals surface area contributed by atoms with E-state index in [9.17, 15) is 9.90 Å². The third-order valence-electron chi connectivity index (χ3n) is 6.88. The lowest BCUT2D eigenvalue weighted by atomic mass is 9.49. The molecule has 1 fully saturated rings. The van der Waals surface area contributed by atoms with Gasteiger partial charge in [-0.2, -0.15) is 0 Å². The number of hydrogen-bond donors (Lipinski definition) is 1. The highest BCUT2D eigenvalue weighted by molar-refractivity contribution is 5.90. The van der Waals surface area contributed by atoms with Crippen molar-refractivity contribution in [1.82, 2.24) is 0 Å². The summed E-state index contributed by atoms with van der Waals surface area (Å²) in [6.45, 7) is 2.06. The number of ketones is 1. The number of carbonyl (C=O) groups excluding carboxylic acids is 1. The third kappa shape index (κ3) is 1.91. The van der Waals surface area contributed by atoms with Crippen LogP contribution in [0.25, 0.3) is 5.57 Å². The summed E-state index contributed by atoms with van der Waals surface area (Å²) in [5.74, 6) is 1.24. The van der Waals surface area contributed by atoms with Crippen molar-refractivity contribution in [1.29, 1.82) is 0 Å². The molecule has 24 heavy (non-hydrogen) atoms. The Hall–Kier alpha value is -1.61. The molecule has 1 N–H and O–H groups in total. The number of rotatable bonds is 2. The molecule has 3 atom stereocenters. The fourth-order valence-corrected chi connectivity index (χ4v) is 5.55. The minimum Gasteiger partial charge on any atom is -0.497 e. The zero-order valence-electron chi connectivity index (χ0n) is 14.6. The van der Waals surface area contributed by atoms with Crippen molar-refractivity contribution in [2.75, 3.05) is 7.11 Å². The van der Waals surface area contributed by atoms with Crippen LogP contribution in [0.2, 0.25) is 0 Å². The summed E-state index contributed by atoms with van der Waals surface area (Å²) in [6, 6.07) is 6.24. The molecule has 0 aliphatic heterocycles. The van der Waals surface area contributed by atoms with Crippen molar-refractivity contribution in [3.8, 4) is 5.75 Å². The zero-order chi connectivity index (χ0) is 16.9. The first kappa shape index (κ1) is 15.9. The molecule has 0 aromatic heterocycles. The summed E-state index contributed by atoms with van der Waals surface area (Å²) in [5, 5.41) is 11.7. The fourth-order valence-electron chi connectivity index (χ4n) is 5.55. The molecule has 1 aromatic rings. The third-order valence-corrected chi connectivity index (χ3v) is 6.88. The van der Waals surface area contributed by atoms with Gasteiger partial charge in [0, 0.05) is 12.3 Å². The topological polar surface area (TPSA) is 46.5 Å². The van der Waals surface area contributed by atoms with Crippen LogP contribution in [-0.4, -0.2) is 23.6 Å². The second kappa shape index (κ2) is 5.45. The van der Waals surface area contributed by atoms with Crippen LogP contribution >= 0.6 is 0 Å². The van der Waals surface area contributed by atoms with E-state index in [1.165, 1.54) is 16.7 Å². The Kier molecular flexibility index (Phi) is 3.61. The average molecular weight is 326 g/mol. The Morgan fingerprint density at radius 3 is 2.92 bits per heavy atom. The van der Waals surface area contributed by atoms with Gasteiger partial charge in [-0.3, -0.25) is 4.79 Å². The first-order chi connectivity index (χ1) is 11.6.